The van der Waals surface area contributed by atoms with E-state index in [4.69, 9.17) is 18.9 Å². The maximum Gasteiger partial charge on any atom is 0.0984 e. The van der Waals surface area contributed by atoms with Crippen LogP contribution in [0.15, 0.2) is 61.7 Å². The molecule has 4 aliphatic heterocycles. The summed E-state index contributed by atoms with van der Waals surface area (Å²) in [6.45, 7) is 15.2. The first kappa shape index (κ1) is 24.7. The number of allylic oxidation sites excluding steroid dienone is 2. The highest BCUT2D eigenvalue weighted by atomic mass is 16.6. The summed E-state index contributed by atoms with van der Waals surface area (Å²) in [5.74, 6) is 0. The molecule has 4 saturated heterocycles. The molecule has 0 aromatic heterocycles. The second-order valence-corrected chi connectivity index (χ2v) is 10.7. The standard InChI is InChI=1S/C31H38N2O4/c1-3-5-24-12-22(7-9-30(24)32(14-26-18-34-26)15-27-19-35-27)11-23-8-10-31(25(13-23)6-4-2)33(16-28-20-36-28)17-29-21-37-29/h3-4,7-10,12-13,26-29H,1-2,5-6,11,14-21H2. The Morgan fingerprint density at radius 1 is 0.622 bits per heavy atom. The van der Waals surface area contributed by atoms with Crippen LogP contribution in [0.3, 0.4) is 0 Å². The highest BCUT2D eigenvalue weighted by molar-refractivity contribution is 5.59. The molecule has 4 aliphatic rings. The second-order valence-electron chi connectivity index (χ2n) is 10.7. The Morgan fingerprint density at radius 3 is 1.27 bits per heavy atom. The number of anilines is 2. The van der Waals surface area contributed by atoms with Gasteiger partial charge in [-0.1, -0.05) is 36.4 Å². The van der Waals surface area contributed by atoms with Gasteiger partial charge in [-0.2, -0.15) is 0 Å². The smallest absolute Gasteiger partial charge is 0.0984 e. The molecule has 6 heteroatoms. The lowest BCUT2D eigenvalue weighted by Crippen LogP contribution is -2.32. The largest absolute Gasteiger partial charge is 0.371 e. The van der Waals surface area contributed by atoms with E-state index in [0.717, 1.165) is 71.9 Å². The van der Waals surface area contributed by atoms with E-state index < -0.39 is 0 Å². The SMILES string of the molecule is C=CCc1cc(Cc2ccc(N(CC3CO3)CC3CO3)c(CC=C)c2)ccc1N(CC1CO1)CC1CO1. The lowest BCUT2D eigenvalue weighted by molar-refractivity contribution is 0.388. The molecule has 0 bridgehead atoms. The lowest BCUT2D eigenvalue weighted by atomic mass is 9.96. The van der Waals surface area contributed by atoms with Gasteiger partial charge in [0.25, 0.3) is 0 Å². The Morgan fingerprint density at radius 2 is 0.973 bits per heavy atom. The lowest BCUT2D eigenvalue weighted by Gasteiger charge is -2.27. The van der Waals surface area contributed by atoms with Crippen LogP contribution >= 0.6 is 0 Å². The Labute approximate surface area is 220 Å². The van der Waals surface area contributed by atoms with E-state index in [2.05, 4.69) is 59.4 Å². The van der Waals surface area contributed by atoms with Gasteiger partial charge in [0.2, 0.25) is 0 Å². The van der Waals surface area contributed by atoms with Crippen LogP contribution in [0.5, 0.6) is 0 Å². The van der Waals surface area contributed by atoms with Gasteiger partial charge in [-0.15, -0.1) is 13.2 Å². The van der Waals surface area contributed by atoms with Gasteiger partial charge in [-0.3, -0.25) is 0 Å². The van der Waals surface area contributed by atoms with Crippen LogP contribution in [-0.4, -0.2) is 77.0 Å². The summed E-state index contributed by atoms with van der Waals surface area (Å²) in [5, 5.41) is 0. The zero-order chi connectivity index (χ0) is 25.2. The van der Waals surface area contributed by atoms with Crippen molar-refractivity contribution >= 4 is 11.4 Å². The Balaban J connectivity index is 1.22. The van der Waals surface area contributed by atoms with Crippen molar-refractivity contribution in [2.45, 2.75) is 43.7 Å². The molecule has 4 fully saturated rings. The van der Waals surface area contributed by atoms with Crippen LogP contribution in [0.4, 0.5) is 11.4 Å². The van der Waals surface area contributed by atoms with Crippen molar-refractivity contribution in [2.24, 2.45) is 0 Å². The van der Waals surface area contributed by atoms with E-state index >= 15 is 0 Å². The van der Waals surface area contributed by atoms with Crippen LogP contribution in [0.1, 0.15) is 22.3 Å². The van der Waals surface area contributed by atoms with Crippen molar-refractivity contribution < 1.29 is 18.9 Å². The Kier molecular flexibility index (Phi) is 7.34. The molecular weight excluding hydrogens is 464 g/mol. The molecule has 2 aromatic rings. The molecule has 196 valence electrons. The zero-order valence-corrected chi connectivity index (χ0v) is 21.6. The predicted molar refractivity (Wildman–Crippen MR) is 147 cm³/mol. The predicted octanol–water partition coefficient (Wildman–Crippen LogP) is 3.94. The summed E-state index contributed by atoms with van der Waals surface area (Å²) in [5.41, 5.74) is 7.82. The highest BCUT2D eigenvalue weighted by Crippen LogP contribution is 2.31. The van der Waals surface area contributed by atoms with Gasteiger partial charge in [0.15, 0.2) is 0 Å². The van der Waals surface area contributed by atoms with E-state index in [1.807, 2.05) is 12.2 Å². The molecule has 6 rings (SSSR count). The van der Waals surface area contributed by atoms with Gasteiger partial charge in [-0.25, -0.2) is 0 Å². The van der Waals surface area contributed by atoms with Crippen LogP contribution in [-0.2, 0) is 38.2 Å². The van der Waals surface area contributed by atoms with Gasteiger partial charge < -0.3 is 28.7 Å². The highest BCUT2D eigenvalue weighted by Gasteiger charge is 2.33. The molecule has 37 heavy (non-hydrogen) atoms. The minimum atomic E-state index is 0.342. The fourth-order valence-electron chi connectivity index (χ4n) is 5.21. The molecule has 4 atom stereocenters. The minimum Gasteiger partial charge on any atom is -0.371 e. The van der Waals surface area contributed by atoms with Gasteiger partial charge in [0, 0.05) is 37.6 Å². The molecule has 0 radical (unpaired) electrons. The summed E-state index contributed by atoms with van der Waals surface area (Å²) < 4.78 is 22.2. The van der Waals surface area contributed by atoms with Crippen molar-refractivity contribution in [1.29, 1.82) is 0 Å². The first-order valence-electron chi connectivity index (χ1n) is 13.6. The monoisotopic (exact) mass is 502 g/mol. The van der Waals surface area contributed by atoms with E-state index in [0.29, 0.717) is 24.4 Å². The zero-order valence-electron chi connectivity index (χ0n) is 21.6. The van der Waals surface area contributed by atoms with Gasteiger partial charge in [0.1, 0.15) is 0 Å². The molecule has 0 amide bonds. The van der Waals surface area contributed by atoms with Crippen LogP contribution in [0.2, 0.25) is 0 Å². The van der Waals surface area contributed by atoms with E-state index in [-0.39, 0.29) is 0 Å². The molecule has 6 nitrogen and oxygen atoms in total. The van der Waals surface area contributed by atoms with Crippen LogP contribution < -0.4 is 9.80 Å². The summed E-state index contributed by atoms with van der Waals surface area (Å²) in [4.78, 5) is 4.88. The first-order chi connectivity index (χ1) is 18.2. The Hall–Kier alpha value is -2.64. The number of benzene rings is 2. The van der Waals surface area contributed by atoms with Crippen molar-refractivity contribution in [2.75, 3.05) is 62.4 Å². The minimum absolute atomic E-state index is 0.342. The summed E-state index contributed by atoms with van der Waals surface area (Å²) in [6, 6.07) is 13.8. The molecular formula is C31H38N2O4. The maximum absolute atomic E-state index is 5.54. The third kappa shape index (κ3) is 6.82. The fraction of sp³-hybridized carbons (Fsp3) is 0.484. The van der Waals surface area contributed by atoms with Gasteiger partial charge in [0.05, 0.1) is 50.8 Å². The van der Waals surface area contributed by atoms with Crippen molar-refractivity contribution in [1.82, 2.24) is 0 Å². The molecule has 0 aliphatic carbocycles. The fourth-order valence-corrected chi connectivity index (χ4v) is 5.21. The topological polar surface area (TPSA) is 56.6 Å². The van der Waals surface area contributed by atoms with Crippen LogP contribution in [0.25, 0.3) is 0 Å². The Bertz CT molecular complexity index is 1000. The van der Waals surface area contributed by atoms with Gasteiger partial charge >= 0.3 is 0 Å². The van der Waals surface area contributed by atoms with Crippen molar-refractivity contribution in [3.63, 3.8) is 0 Å². The molecule has 4 unspecified atom stereocenters. The number of hydrogen-bond acceptors (Lipinski definition) is 6. The maximum atomic E-state index is 5.54. The molecule has 0 spiro atoms. The third-order valence-electron chi connectivity index (χ3n) is 7.41. The number of epoxide rings is 4. The molecule has 0 saturated carbocycles. The number of rotatable bonds is 16. The third-order valence-corrected chi connectivity index (χ3v) is 7.41. The second kappa shape index (κ2) is 11.0. The molecule has 2 aromatic carbocycles. The number of nitrogens with zero attached hydrogens (tertiary/aromatic N) is 2. The number of ether oxygens (including phenoxy) is 4. The van der Waals surface area contributed by atoms with Crippen LogP contribution in [0, 0.1) is 0 Å². The summed E-state index contributed by atoms with van der Waals surface area (Å²) in [7, 11) is 0. The summed E-state index contributed by atoms with van der Waals surface area (Å²) >= 11 is 0. The van der Waals surface area contributed by atoms with E-state index in [9.17, 15) is 0 Å². The molecule has 4 heterocycles. The van der Waals surface area contributed by atoms with Crippen molar-refractivity contribution in [3.8, 4) is 0 Å². The molecule has 0 N–H and O–H groups in total. The van der Waals surface area contributed by atoms with Crippen molar-refractivity contribution in [3.05, 3.63) is 84.0 Å². The first-order valence-corrected chi connectivity index (χ1v) is 13.6. The average Bonchev–Trinajstić information content (AvgIpc) is 3.70. The summed E-state index contributed by atoms with van der Waals surface area (Å²) in [6.07, 6.45) is 7.95. The van der Waals surface area contributed by atoms with E-state index in [1.165, 1.54) is 33.6 Å². The average molecular weight is 503 g/mol. The normalized spacial score (nSPS) is 24.9. The quantitative estimate of drug-likeness (QED) is 0.256. The van der Waals surface area contributed by atoms with Gasteiger partial charge in [-0.05, 0) is 53.6 Å². The number of hydrogen-bond donors (Lipinski definition) is 0. The van der Waals surface area contributed by atoms with E-state index in [1.54, 1.807) is 0 Å².